The summed E-state index contributed by atoms with van der Waals surface area (Å²) in [6.07, 6.45) is 5.76. The first-order valence-electron chi connectivity index (χ1n) is 7.07. The van der Waals surface area contributed by atoms with E-state index in [0.29, 0.717) is 12.1 Å². The summed E-state index contributed by atoms with van der Waals surface area (Å²) in [7, 11) is 0. The van der Waals surface area contributed by atoms with E-state index in [1.807, 2.05) is 17.5 Å². The van der Waals surface area contributed by atoms with Crippen molar-refractivity contribution in [2.75, 3.05) is 13.1 Å². The molecule has 2 atom stereocenters. The Morgan fingerprint density at radius 1 is 1.56 bits per heavy atom. The van der Waals surface area contributed by atoms with Crippen LogP contribution in [0.25, 0.3) is 0 Å². The number of nitrogens with one attached hydrogen (secondary N) is 1. The minimum atomic E-state index is 0.664. The van der Waals surface area contributed by atoms with Crippen LogP contribution in [0.5, 0.6) is 0 Å². The van der Waals surface area contributed by atoms with Gasteiger partial charge in [0.25, 0.3) is 0 Å². The number of rotatable bonds is 5. The standard InChI is InChI=1S/C14H25N3S/c1-4-6-15-13-5-7-17(11(2)8-13)10-14-16-9-12(3)18-14/h9,11,13,15H,4-8,10H2,1-3H3. The number of piperidine rings is 1. The molecule has 1 aliphatic rings. The number of aryl methyl sites for hydroxylation is 1. The normalized spacial score (nSPS) is 25.5. The number of thiazole rings is 1. The largest absolute Gasteiger partial charge is 0.314 e. The first-order chi connectivity index (χ1) is 8.69. The predicted octanol–water partition coefficient (Wildman–Crippen LogP) is 2.80. The van der Waals surface area contributed by atoms with Crippen molar-refractivity contribution in [2.45, 2.75) is 58.7 Å². The number of hydrogen-bond donors (Lipinski definition) is 1. The van der Waals surface area contributed by atoms with Gasteiger partial charge in [-0.2, -0.15) is 0 Å². The maximum Gasteiger partial charge on any atom is 0.107 e. The summed E-state index contributed by atoms with van der Waals surface area (Å²) in [5.74, 6) is 0. The van der Waals surface area contributed by atoms with Crippen molar-refractivity contribution in [1.29, 1.82) is 0 Å². The van der Waals surface area contributed by atoms with Gasteiger partial charge in [0.2, 0.25) is 0 Å². The van der Waals surface area contributed by atoms with Crippen molar-refractivity contribution in [1.82, 2.24) is 15.2 Å². The summed E-state index contributed by atoms with van der Waals surface area (Å²) in [5, 5.41) is 4.91. The number of aromatic nitrogens is 1. The van der Waals surface area contributed by atoms with E-state index in [4.69, 9.17) is 0 Å². The second kappa shape index (κ2) is 6.64. The van der Waals surface area contributed by atoms with Crippen LogP contribution in [0.1, 0.15) is 43.0 Å². The molecule has 2 rings (SSSR count). The van der Waals surface area contributed by atoms with E-state index in [0.717, 1.165) is 13.1 Å². The molecule has 0 amide bonds. The zero-order valence-electron chi connectivity index (χ0n) is 11.8. The molecule has 1 aromatic rings. The van der Waals surface area contributed by atoms with Crippen molar-refractivity contribution in [3.63, 3.8) is 0 Å². The molecular weight excluding hydrogens is 242 g/mol. The van der Waals surface area contributed by atoms with Gasteiger partial charge in [-0.25, -0.2) is 4.98 Å². The molecule has 0 saturated carbocycles. The molecular formula is C14H25N3S. The van der Waals surface area contributed by atoms with E-state index < -0.39 is 0 Å². The lowest BCUT2D eigenvalue weighted by molar-refractivity contribution is 0.128. The molecule has 3 nitrogen and oxygen atoms in total. The molecule has 2 heterocycles. The van der Waals surface area contributed by atoms with Crippen LogP contribution in [0.4, 0.5) is 0 Å². The van der Waals surface area contributed by atoms with Gasteiger partial charge in [-0.3, -0.25) is 4.90 Å². The van der Waals surface area contributed by atoms with Gasteiger partial charge in [0, 0.05) is 29.7 Å². The van der Waals surface area contributed by atoms with Gasteiger partial charge in [-0.15, -0.1) is 11.3 Å². The summed E-state index contributed by atoms with van der Waals surface area (Å²) in [6, 6.07) is 1.38. The van der Waals surface area contributed by atoms with Crippen LogP contribution in [0, 0.1) is 6.92 Å². The third-order valence-corrected chi connectivity index (χ3v) is 4.60. The van der Waals surface area contributed by atoms with Crippen molar-refractivity contribution in [2.24, 2.45) is 0 Å². The van der Waals surface area contributed by atoms with Gasteiger partial charge in [-0.1, -0.05) is 6.92 Å². The maximum absolute atomic E-state index is 4.47. The van der Waals surface area contributed by atoms with E-state index >= 15 is 0 Å². The molecule has 0 spiro atoms. The SMILES string of the molecule is CCCNC1CCN(Cc2ncc(C)s2)C(C)C1. The molecule has 0 bridgehead atoms. The fraction of sp³-hybridized carbons (Fsp3) is 0.786. The highest BCUT2D eigenvalue weighted by atomic mass is 32.1. The zero-order chi connectivity index (χ0) is 13.0. The Hall–Kier alpha value is -0.450. The Balaban J connectivity index is 1.82. The van der Waals surface area contributed by atoms with Gasteiger partial charge in [0.15, 0.2) is 0 Å². The van der Waals surface area contributed by atoms with Crippen LogP contribution in [0.3, 0.4) is 0 Å². The van der Waals surface area contributed by atoms with Crippen LogP contribution in [-0.4, -0.2) is 35.1 Å². The van der Waals surface area contributed by atoms with Crippen molar-refractivity contribution < 1.29 is 0 Å². The minimum Gasteiger partial charge on any atom is -0.314 e. The zero-order valence-corrected chi connectivity index (χ0v) is 12.6. The average Bonchev–Trinajstić information content (AvgIpc) is 2.75. The summed E-state index contributed by atoms with van der Waals surface area (Å²) in [5.41, 5.74) is 0. The third-order valence-electron chi connectivity index (χ3n) is 3.70. The molecule has 1 fully saturated rings. The molecule has 1 N–H and O–H groups in total. The Morgan fingerprint density at radius 2 is 2.39 bits per heavy atom. The van der Waals surface area contributed by atoms with Crippen molar-refractivity contribution in [3.8, 4) is 0 Å². The van der Waals surface area contributed by atoms with Crippen LogP contribution in [0.15, 0.2) is 6.20 Å². The van der Waals surface area contributed by atoms with Crippen molar-refractivity contribution >= 4 is 11.3 Å². The summed E-state index contributed by atoms with van der Waals surface area (Å²) in [6.45, 7) is 10.1. The smallest absolute Gasteiger partial charge is 0.107 e. The molecule has 18 heavy (non-hydrogen) atoms. The lowest BCUT2D eigenvalue weighted by Crippen LogP contribution is -2.47. The van der Waals surface area contributed by atoms with E-state index in [2.05, 4.69) is 36.0 Å². The van der Waals surface area contributed by atoms with Gasteiger partial charge in [0.1, 0.15) is 5.01 Å². The second-order valence-electron chi connectivity index (χ2n) is 5.36. The first kappa shape index (κ1) is 14.0. The lowest BCUT2D eigenvalue weighted by atomic mass is 9.98. The molecule has 0 aliphatic carbocycles. The van der Waals surface area contributed by atoms with Crippen LogP contribution in [-0.2, 0) is 6.54 Å². The Labute approximate surface area is 115 Å². The quantitative estimate of drug-likeness (QED) is 0.889. The third kappa shape index (κ3) is 3.77. The molecule has 1 aromatic heterocycles. The van der Waals surface area contributed by atoms with Gasteiger partial charge in [0.05, 0.1) is 6.54 Å². The number of likely N-dealkylation sites (tertiary alicyclic amines) is 1. The van der Waals surface area contributed by atoms with Crippen LogP contribution < -0.4 is 5.32 Å². The van der Waals surface area contributed by atoms with Crippen LogP contribution in [0.2, 0.25) is 0 Å². The molecule has 0 aromatic carbocycles. The number of nitrogens with zero attached hydrogens (tertiary/aromatic N) is 2. The number of hydrogen-bond acceptors (Lipinski definition) is 4. The van der Waals surface area contributed by atoms with E-state index in [1.165, 1.54) is 35.7 Å². The minimum absolute atomic E-state index is 0.664. The topological polar surface area (TPSA) is 28.2 Å². The van der Waals surface area contributed by atoms with E-state index in [1.54, 1.807) is 0 Å². The fourth-order valence-corrected chi connectivity index (χ4v) is 3.45. The lowest BCUT2D eigenvalue weighted by Gasteiger charge is -2.37. The Bertz CT molecular complexity index is 364. The molecule has 1 aliphatic heterocycles. The highest BCUT2D eigenvalue weighted by Gasteiger charge is 2.25. The Morgan fingerprint density at radius 3 is 3.00 bits per heavy atom. The molecule has 0 radical (unpaired) electrons. The summed E-state index contributed by atoms with van der Waals surface area (Å²) in [4.78, 5) is 8.36. The monoisotopic (exact) mass is 267 g/mol. The second-order valence-corrected chi connectivity index (χ2v) is 6.68. The Kier molecular flexibility index (Phi) is 5.15. The van der Waals surface area contributed by atoms with E-state index in [-0.39, 0.29) is 0 Å². The first-order valence-corrected chi connectivity index (χ1v) is 7.89. The van der Waals surface area contributed by atoms with Gasteiger partial charge < -0.3 is 5.32 Å². The molecule has 102 valence electrons. The average molecular weight is 267 g/mol. The fourth-order valence-electron chi connectivity index (χ4n) is 2.64. The predicted molar refractivity (Wildman–Crippen MR) is 78.0 cm³/mol. The van der Waals surface area contributed by atoms with Gasteiger partial charge >= 0.3 is 0 Å². The molecule has 4 heteroatoms. The maximum atomic E-state index is 4.47. The van der Waals surface area contributed by atoms with Crippen LogP contribution >= 0.6 is 11.3 Å². The molecule has 2 unspecified atom stereocenters. The summed E-state index contributed by atoms with van der Waals surface area (Å²) < 4.78 is 0. The van der Waals surface area contributed by atoms with E-state index in [9.17, 15) is 0 Å². The highest BCUT2D eigenvalue weighted by molar-refractivity contribution is 7.11. The molecule has 1 saturated heterocycles. The highest BCUT2D eigenvalue weighted by Crippen LogP contribution is 2.21. The summed E-state index contributed by atoms with van der Waals surface area (Å²) >= 11 is 1.83. The van der Waals surface area contributed by atoms with Crippen molar-refractivity contribution in [3.05, 3.63) is 16.1 Å². The van der Waals surface area contributed by atoms with Gasteiger partial charge in [-0.05, 0) is 39.7 Å².